The molecule has 1 fully saturated rings. The van der Waals surface area contributed by atoms with Gasteiger partial charge in [0.15, 0.2) is 0 Å². The molecule has 0 bridgehead atoms. The third kappa shape index (κ3) is 3.70. The van der Waals surface area contributed by atoms with Crippen molar-refractivity contribution in [1.29, 1.82) is 0 Å². The van der Waals surface area contributed by atoms with Crippen LogP contribution >= 0.6 is 27.5 Å². The maximum atomic E-state index is 12.0. The van der Waals surface area contributed by atoms with E-state index in [9.17, 15) is 4.79 Å². The van der Waals surface area contributed by atoms with Crippen LogP contribution in [0.2, 0.25) is 5.02 Å². The van der Waals surface area contributed by atoms with Crippen molar-refractivity contribution in [3.8, 4) is 0 Å². The van der Waals surface area contributed by atoms with Gasteiger partial charge in [0, 0.05) is 22.6 Å². The molecule has 1 aromatic carbocycles. The van der Waals surface area contributed by atoms with E-state index in [-0.39, 0.29) is 5.91 Å². The first-order valence-corrected chi connectivity index (χ1v) is 7.19. The highest BCUT2D eigenvalue weighted by Crippen LogP contribution is 2.21. The van der Waals surface area contributed by atoms with Gasteiger partial charge >= 0.3 is 0 Å². The van der Waals surface area contributed by atoms with E-state index in [1.807, 2.05) is 0 Å². The number of amides is 1. The molecule has 1 atom stereocenters. The molecule has 3 nitrogen and oxygen atoms in total. The van der Waals surface area contributed by atoms with Gasteiger partial charge in [-0.3, -0.25) is 4.79 Å². The van der Waals surface area contributed by atoms with Crippen molar-refractivity contribution in [2.75, 3.05) is 13.2 Å². The Kier molecular flexibility index (Phi) is 5.03. The predicted octanol–water partition coefficient (Wildman–Crippen LogP) is 3.40. The van der Waals surface area contributed by atoms with Crippen LogP contribution in [0.3, 0.4) is 0 Å². The standard InChI is InChI=1S/C13H15BrClNO2/c14-12-4-3-9(15)8-11(12)13(17)16-6-5-10-2-1-7-18-10/h3-4,8,10H,1-2,5-7H2,(H,16,17). The van der Waals surface area contributed by atoms with Gasteiger partial charge in [0.05, 0.1) is 11.7 Å². The lowest BCUT2D eigenvalue weighted by atomic mass is 10.1. The van der Waals surface area contributed by atoms with E-state index in [1.54, 1.807) is 18.2 Å². The molecule has 1 aliphatic rings. The second-order valence-electron chi connectivity index (χ2n) is 4.30. The summed E-state index contributed by atoms with van der Waals surface area (Å²) >= 11 is 9.22. The molecule has 1 aromatic rings. The van der Waals surface area contributed by atoms with Crippen LogP contribution in [0.1, 0.15) is 29.6 Å². The Morgan fingerprint density at radius 2 is 2.39 bits per heavy atom. The van der Waals surface area contributed by atoms with Gasteiger partial charge in [0.1, 0.15) is 0 Å². The summed E-state index contributed by atoms with van der Waals surface area (Å²) < 4.78 is 6.25. The van der Waals surface area contributed by atoms with Crippen molar-refractivity contribution in [3.63, 3.8) is 0 Å². The molecule has 1 unspecified atom stereocenters. The van der Waals surface area contributed by atoms with Gasteiger partial charge in [-0.25, -0.2) is 0 Å². The molecule has 18 heavy (non-hydrogen) atoms. The summed E-state index contributed by atoms with van der Waals surface area (Å²) in [4.78, 5) is 12.0. The lowest BCUT2D eigenvalue weighted by Gasteiger charge is -2.11. The molecule has 0 spiro atoms. The van der Waals surface area contributed by atoms with E-state index in [2.05, 4.69) is 21.2 Å². The van der Waals surface area contributed by atoms with Crippen LogP contribution in [-0.4, -0.2) is 25.2 Å². The molecule has 0 aliphatic carbocycles. The molecule has 0 radical (unpaired) electrons. The smallest absolute Gasteiger partial charge is 0.252 e. The fraction of sp³-hybridized carbons (Fsp3) is 0.462. The van der Waals surface area contributed by atoms with Crippen molar-refractivity contribution < 1.29 is 9.53 Å². The summed E-state index contributed by atoms with van der Waals surface area (Å²) in [5.74, 6) is -0.109. The minimum Gasteiger partial charge on any atom is -0.378 e. The Morgan fingerprint density at radius 1 is 1.56 bits per heavy atom. The van der Waals surface area contributed by atoms with Crippen LogP contribution in [0.25, 0.3) is 0 Å². The lowest BCUT2D eigenvalue weighted by molar-refractivity contribution is 0.0906. The summed E-state index contributed by atoms with van der Waals surface area (Å²) in [6.45, 7) is 1.47. The molecule has 2 rings (SSSR count). The number of carbonyl (C=O) groups excluding carboxylic acids is 1. The topological polar surface area (TPSA) is 38.3 Å². The number of hydrogen-bond donors (Lipinski definition) is 1. The largest absolute Gasteiger partial charge is 0.378 e. The predicted molar refractivity (Wildman–Crippen MR) is 75.1 cm³/mol. The summed E-state index contributed by atoms with van der Waals surface area (Å²) in [6, 6.07) is 5.18. The molecule has 1 amide bonds. The zero-order valence-electron chi connectivity index (χ0n) is 9.92. The van der Waals surface area contributed by atoms with Gasteiger partial charge in [0.25, 0.3) is 5.91 Å². The van der Waals surface area contributed by atoms with Crippen LogP contribution in [-0.2, 0) is 4.74 Å². The Labute approximate surface area is 120 Å². The fourth-order valence-corrected chi connectivity index (χ4v) is 2.58. The number of benzene rings is 1. The van der Waals surface area contributed by atoms with Crippen LogP contribution < -0.4 is 5.32 Å². The van der Waals surface area contributed by atoms with E-state index in [0.29, 0.717) is 23.2 Å². The third-order valence-corrected chi connectivity index (χ3v) is 3.88. The minimum atomic E-state index is -0.109. The zero-order chi connectivity index (χ0) is 13.0. The van der Waals surface area contributed by atoms with Crippen molar-refractivity contribution in [3.05, 3.63) is 33.3 Å². The van der Waals surface area contributed by atoms with Crippen LogP contribution in [0, 0.1) is 0 Å². The average molecular weight is 333 g/mol. The summed E-state index contributed by atoms with van der Waals surface area (Å²) in [7, 11) is 0. The lowest BCUT2D eigenvalue weighted by Crippen LogP contribution is -2.27. The maximum Gasteiger partial charge on any atom is 0.252 e. The SMILES string of the molecule is O=C(NCCC1CCCO1)c1cc(Cl)ccc1Br. The van der Waals surface area contributed by atoms with E-state index in [0.717, 1.165) is 30.3 Å². The van der Waals surface area contributed by atoms with Crippen molar-refractivity contribution in [2.45, 2.75) is 25.4 Å². The van der Waals surface area contributed by atoms with Crippen molar-refractivity contribution in [1.82, 2.24) is 5.32 Å². The zero-order valence-corrected chi connectivity index (χ0v) is 12.3. The van der Waals surface area contributed by atoms with Crippen LogP contribution in [0.4, 0.5) is 0 Å². The molecule has 1 aliphatic heterocycles. The number of halogens is 2. The molecule has 1 saturated heterocycles. The first-order chi connectivity index (χ1) is 8.66. The number of nitrogens with one attached hydrogen (secondary N) is 1. The van der Waals surface area contributed by atoms with E-state index < -0.39 is 0 Å². The Bertz CT molecular complexity index is 433. The Balaban J connectivity index is 1.85. The summed E-state index contributed by atoms with van der Waals surface area (Å²) in [6.07, 6.45) is 3.38. The second-order valence-corrected chi connectivity index (χ2v) is 5.59. The Hall–Kier alpha value is -0.580. The molecule has 0 saturated carbocycles. The summed E-state index contributed by atoms with van der Waals surface area (Å²) in [5.41, 5.74) is 0.565. The molecule has 5 heteroatoms. The first-order valence-electron chi connectivity index (χ1n) is 6.01. The van der Waals surface area contributed by atoms with Gasteiger partial charge in [-0.05, 0) is 53.4 Å². The van der Waals surface area contributed by atoms with Gasteiger partial charge in [-0.15, -0.1) is 0 Å². The molecule has 0 aromatic heterocycles. The molecule has 1 N–H and O–H groups in total. The monoisotopic (exact) mass is 331 g/mol. The van der Waals surface area contributed by atoms with E-state index in [4.69, 9.17) is 16.3 Å². The fourth-order valence-electron chi connectivity index (χ4n) is 1.99. The van der Waals surface area contributed by atoms with Crippen molar-refractivity contribution in [2.24, 2.45) is 0 Å². The molecular weight excluding hydrogens is 318 g/mol. The van der Waals surface area contributed by atoms with E-state index in [1.165, 1.54) is 0 Å². The molecular formula is C13H15BrClNO2. The number of rotatable bonds is 4. The maximum absolute atomic E-state index is 12.0. The number of ether oxygens (including phenoxy) is 1. The Morgan fingerprint density at radius 3 is 3.11 bits per heavy atom. The highest BCUT2D eigenvalue weighted by molar-refractivity contribution is 9.10. The molecule has 1 heterocycles. The average Bonchev–Trinajstić information content (AvgIpc) is 2.85. The van der Waals surface area contributed by atoms with E-state index >= 15 is 0 Å². The van der Waals surface area contributed by atoms with Crippen molar-refractivity contribution >= 4 is 33.4 Å². The summed E-state index contributed by atoms with van der Waals surface area (Å²) in [5, 5.41) is 3.44. The third-order valence-electron chi connectivity index (χ3n) is 2.95. The normalized spacial score (nSPS) is 18.9. The van der Waals surface area contributed by atoms with Gasteiger partial charge < -0.3 is 10.1 Å². The quantitative estimate of drug-likeness (QED) is 0.917. The highest BCUT2D eigenvalue weighted by Gasteiger charge is 2.16. The van der Waals surface area contributed by atoms with Crippen LogP contribution in [0.15, 0.2) is 22.7 Å². The van der Waals surface area contributed by atoms with Crippen LogP contribution in [0.5, 0.6) is 0 Å². The van der Waals surface area contributed by atoms with Gasteiger partial charge in [-0.2, -0.15) is 0 Å². The number of carbonyl (C=O) groups is 1. The molecule has 98 valence electrons. The number of hydrogen-bond acceptors (Lipinski definition) is 2. The first kappa shape index (κ1) is 13.8. The highest BCUT2D eigenvalue weighted by atomic mass is 79.9. The van der Waals surface area contributed by atoms with Gasteiger partial charge in [-0.1, -0.05) is 11.6 Å². The minimum absolute atomic E-state index is 0.109. The second kappa shape index (κ2) is 6.55. The van der Waals surface area contributed by atoms with Gasteiger partial charge in [0.2, 0.25) is 0 Å².